The van der Waals surface area contributed by atoms with E-state index in [1.807, 2.05) is 12.3 Å². The Bertz CT molecular complexity index is 751. The molecule has 0 saturated carbocycles. The van der Waals surface area contributed by atoms with Gasteiger partial charge in [0.25, 0.3) is 0 Å². The maximum atomic E-state index is 12.9. The Morgan fingerprint density at radius 3 is 2.71 bits per heavy atom. The molecule has 0 unspecified atom stereocenters. The first-order valence-electron chi connectivity index (χ1n) is 6.49. The molecule has 0 spiro atoms. The Hall–Kier alpha value is -2.12. The molecule has 0 radical (unpaired) electrons. The van der Waals surface area contributed by atoms with Crippen LogP contribution in [0.15, 0.2) is 29.6 Å². The van der Waals surface area contributed by atoms with Crippen LogP contribution in [0, 0.1) is 5.82 Å². The Morgan fingerprint density at radius 2 is 2.05 bits per heavy atom. The Balaban J connectivity index is 1.98. The van der Waals surface area contributed by atoms with Crippen molar-refractivity contribution >= 4 is 11.3 Å². The fraction of sp³-hybridized carbons (Fsp3) is 0.214. The zero-order valence-electron chi connectivity index (χ0n) is 11.3. The standard InChI is InChI=1S/C14H13FN4OS/c1-2-13-11(7-20)17-18-19(13)14-16-12(8-21-14)9-3-5-10(15)6-4-9/h3-6,8,20H,2,7H2,1H3. The molecule has 3 aromatic rings. The molecule has 0 atom stereocenters. The first-order chi connectivity index (χ1) is 10.2. The lowest BCUT2D eigenvalue weighted by Gasteiger charge is -2.01. The second-order valence-electron chi connectivity index (χ2n) is 4.43. The molecule has 108 valence electrons. The highest BCUT2D eigenvalue weighted by Gasteiger charge is 2.15. The highest BCUT2D eigenvalue weighted by Crippen LogP contribution is 2.25. The predicted molar refractivity (Wildman–Crippen MR) is 77.7 cm³/mol. The molecule has 2 heterocycles. The number of thiazole rings is 1. The van der Waals surface area contributed by atoms with Crippen molar-refractivity contribution < 1.29 is 9.50 Å². The number of halogens is 1. The summed E-state index contributed by atoms with van der Waals surface area (Å²) in [5.41, 5.74) is 3.02. The van der Waals surface area contributed by atoms with Crippen LogP contribution in [-0.4, -0.2) is 25.1 Å². The van der Waals surface area contributed by atoms with Crippen molar-refractivity contribution in [3.8, 4) is 16.4 Å². The number of hydrogen-bond acceptors (Lipinski definition) is 5. The van der Waals surface area contributed by atoms with Crippen molar-refractivity contribution in [2.45, 2.75) is 20.0 Å². The minimum Gasteiger partial charge on any atom is -0.390 e. The maximum Gasteiger partial charge on any atom is 0.212 e. The molecule has 2 aromatic heterocycles. The summed E-state index contributed by atoms with van der Waals surface area (Å²) in [6.07, 6.45) is 0.703. The van der Waals surface area contributed by atoms with Crippen LogP contribution in [0.25, 0.3) is 16.4 Å². The second kappa shape index (κ2) is 5.71. The van der Waals surface area contributed by atoms with Crippen LogP contribution in [0.1, 0.15) is 18.3 Å². The van der Waals surface area contributed by atoms with Gasteiger partial charge >= 0.3 is 0 Å². The highest BCUT2D eigenvalue weighted by atomic mass is 32.1. The molecule has 0 saturated heterocycles. The zero-order chi connectivity index (χ0) is 14.8. The maximum absolute atomic E-state index is 12.9. The summed E-state index contributed by atoms with van der Waals surface area (Å²) < 4.78 is 14.6. The third kappa shape index (κ3) is 2.57. The second-order valence-corrected chi connectivity index (χ2v) is 5.27. The third-order valence-corrected chi connectivity index (χ3v) is 3.96. The highest BCUT2D eigenvalue weighted by molar-refractivity contribution is 7.12. The van der Waals surface area contributed by atoms with Crippen molar-refractivity contribution in [1.29, 1.82) is 0 Å². The van der Waals surface area contributed by atoms with Crippen molar-refractivity contribution in [3.05, 3.63) is 46.9 Å². The van der Waals surface area contributed by atoms with Gasteiger partial charge in [-0.25, -0.2) is 9.37 Å². The molecule has 21 heavy (non-hydrogen) atoms. The summed E-state index contributed by atoms with van der Waals surface area (Å²) in [6.45, 7) is 1.84. The van der Waals surface area contributed by atoms with E-state index in [1.54, 1.807) is 16.8 Å². The summed E-state index contributed by atoms with van der Waals surface area (Å²) in [7, 11) is 0. The van der Waals surface area contributed by atoms with E-state index >= 15 is 0 Å². The summed E-state index contributed by atoms with van der Waals surface area (Å²) >= 11 is 1.43. The molecule has 1 aromatic carbocycles. The predicted octanol–water partition coefficient (Wildman–Crippen LogP) is 2.58. The minimum atomic E-state index is -0.272. The third-order valence-electron chi connectivity index (χ3n) is 3.14. The first-order valence-corrected chi connectivity index (χ1v) is 7.37. The number of aliphatic hydroxyl groups is 1. The molecule has 0 aliphatic carbocycles. The fourth-order valence-corrected chi connectivity index (χ4v) is 2.88. The van der Waals surface area contributed by atoms with Crippen molar-refractivity contribution in [2.75, 3.05) is 0 Å². The molecule has 0 aliphatic heterocycles. The molecule has 5 nitrogen and oxygen atoms in total. The van der Waals surface area contributed by atoms with Crippen LogP contribution in [0.4, 0.5) is 4.39 Å². The van der Waals surface area contributed by atoms with Gasteiger partial charge in [-0.1, -0.05) is 12.1 Å². The van der Waals surface area contributed by atoms with Gasteiger partial charge in [-0.2, -0.15) is 4.68 Å². The Labute approximate surface area is 124 Å². The van der Waals surface area contributed by atoms with Crippen LogP contribution in [0.2, 0.25) is 0 Å². The number of rotatable bonds is 4. The average Bonchev–Trinajstić information content (AvgIpc) is 3.13. The first kappa shape index (κ1) is 13.8. The SMILES string of the molecule is CCc1c(CO)nnn1-c1nc(-c2ccc(F)cc2)cs1. The molecule has 0 aliphatic rings. The van der Waals surface area contributed by atoms with E-state index in [4.69, 9.17) is 0 Å². The monoisotopic (exact) mass is 304 g/mol. The summed E-state index contributed by atoms with van der Waals surface area (Å²) in [6, 6.07) is 6.20. The van der Waals surface area contributed by atoms with Crippen molar-refractivity contribution in [1.82, 2.24) is 20.0 Å². The van der Waals surface area contributed by atoms with E-state index < -0.39 is 0 Å². The number of hydrogen-bond donors (Lipinski definition) is 1. The number of aliphatic hydroxyl groups excluding tert-OH is 1. The van der Waals surface area contributed by atoms with E-state index in [1.165, 1.54) is 23.5 Å². The molecule has 1 N–H and O–H groups in total. The van der Waals surface area contributed by atoms with Gasteiger partial charge in [0.15, 0.2) is 0 Å². The smallest absolute Gasteiger partial charge is 0.212 e. The van der Waals surface area contributed by atoms with Gasteiger partial charge in [0.05, 0.1) is 18.0 Å². The van der Waals surface area contributed by atoms with E-state index in [2.05, 4.69) is 15.3 Å². The summed E-state index contributed by atoms with van der Waals surface area (Å²) in [4.78, 5) is 4.51. The zero-order valence-corrected chi connectivity index (χ0v) is 12.1. The van der Waals surface area contributed by atoms with Crippen LogP contribution in [0.3, 0.4) is 0 Å². The van der Waals surface area contributed by atoms with Crippen LogP contribution >= 0.6 is 11.3 Å². The number of nitrogens with zero attached hydrogens (tertiary/aromatic N) is 4. The topological polar surface area (TPSA) is 63.8 Å². The Kier molecular flexibility index (Phi) is 3.76. The molecule has 3 rings (SSSR count). The van der Waals surface area contributed by atoms with Gasteiger partial charge in [-0.3, -0.25) is 0 Å². The molecular formula is C14H13FN4OS. The van der Waals surface area contributed by atoms with Crippen LogP contribution in [-0.2, 0) is 13.0 Å². The minimum absolute atomic E-state index is 0.140. The van der Waals surface area contributed by atoms with Crippen molar-refractivity contribution in [2.24, 2.45) is 0 Å². The van der Waals surface area contributed by atoms with Gasteiger partial charge in [0.2, 0.25) is 5.13 Å². The van der Waals surface area contributed by atoms with Gasteiger partial charge in [-0.15, -0.1) is 16.4 Å². The van der Waals surface area contributed by atoms with E-state index in [9.17, 15) is 9.50 Å². The molecular weight excluding hydrogens is 291 g/mol. The van der Waals surface area contributed by atoms with Gasteiger partial charge in [-0.05, 0) is 30.7 Å². The molecule has 0 fully saturated rings. The van der Waals surface area contributed by atoms with Gasteiger partial charge in [0, 0.05) is 10.9 Å². The lowest BCUT2D eigenvalue weighted by atomic mass is 10.2. The van der Waals surface area contributed by atoms with E-state index in [0.29, 0.717) is 17.2 Å². The van der Waals surface area contributed by atoms with Crippen molar-refractivity contribution in [3.63, 3.8) is 0 Å². The lowest BCUT2D eigenvalue weighted by molar-refractivity contribution is 0.275. The fourth-order valence-electron chi connectivity index (χ4n) is 2.08. The normalized spacial score (nSPS) is 11.0. The van der Waals surface area contributed by atoms with Crippen LogP contribution < -0.4 is 0 Å². The Morgan fingerprint density at radius 1 is 1.29 bits per heavy atom. The van der Waals surface area contributed by atoms with Gasteiger partial charge in [0.1, 0.15) is 11.5 Å². The number of aromatic nitrogens is 4. The number of benzene rings is 1. The average molecular weight is 304 g/mol. The van der Waals surface area contributed by atoms with E-state index in [-0.39, 0.29) is 12.4 Å². The molecule has 0 bridgehead atoms. The van der Waals surface area contributed by atoms with Gasteiger partial charge < -0.3 is 5.11 Å². The van der Waals surface area contributed by atoms with Crippen LogP contribution in [0.5, 0.6) is 0 Å². The summed E-state index contributed by atoms with van der Waals surface area (Å²) in [5, 5.41) is 19.8. The van der Waals surface area contributed by atoms with E-state index in [0.717, 1.165) is 17.0 Å². The molecule has 7 heteroatoms. The lowest BCUT2D eigenvalue weighted by Crippen LogP contribution is -2.02. The largest absolute Gasteiger partial charge is 0.390 e. The molecule has 0 amide bonds. The summed E-state index contributed by atoms with van der Waals surface area (Å²) in [5.74, 6) is -0.272. The quantitative estimate of drug-likeness (QED) is 0.804.